The van der Waals surface area contributed by atoms with Gasteiger partial charge in [-0.2, -0.15) is 0 Å². The van der Waals surface area contributed by atoms with Crippen LogP contribution in [0.3, 0.4) is 0 Å². The first-order valence-corrected chi connectivity index (χ1v) is 8.54. The van der Waals surface area contributed by atoms with Crippen LogP contribution in [-0.2, 0) is 9.53 Å². The third-order valence-corrected chi connectivity index (χ3v) is 4.49. The second-order valence-electron chi connectivity index (χ2n) is 5.44. The second-order valence-corrected chi connectivity index (χ2v) is 6.30. The predicted octanol–water partition coefficient (Wildman–Crippen LogP) is 3.45. The Balaban J connectivity index is 2.11. The van der Waals surface area contributed by atoms with Crippen LogP contribution in [0.5, 0.6) is 0 Å². The highest BCUT2D eigenvalue weighted by Crippen LogP contribution is 2.33. The minimum absolute atomic E-state index is 0.0410. The van der Waals surface area contributed by atoms with E-state index in [0.29, 0.717) is 29.7 Å². The first-order chi connectivity index (χ1) is 11.0. The van der Waals surface area contributed by atoms with Gasteiger partial charge < -0.3 is 9.64 Å². The topological polar surface area (TPSA) is 85.6 Å². The third kappa shape index (κ3) is 4.63. The lowest BCUT2D eigenvalue weighted by molar-refractivity contribution is -0.385. The Kier molecular flexibility index (Phi) is 6.32. The number of pyridine rings is 1. The van der Waals surface area contributed by atoms with Crippen molar-refractivity contribution in [2.45, 2.75) is 45.1 Å². The second kappa shape index (κ2) is 8.24. The molecule has 0 radical (unpaired) electrons. The van der Waals surface area contributed by atoms with Gasteiger partial charge in [0.1, 0.15) is 12.0 Å². The van der Waals surface area contributed by atoms with Crippen LogP contribution < -0.4 is 4.90 Å². The molecule has 1 aromatic heterocycles. The van der Waals surface area contributed by atoms with Crippen LogP contribution in [0.15, 0.2) is 16.7 Å². The zero-order chi connectivity index (χ0) is 16.8. The number of rotatable bonds is 6. The monoisotopic (exact) mass is 385 g/mol. The molecule has 1 aliphatic rings. The molecule has 1 atom stereocenters. The summed E-state index contributed by atoms with van der Waals surface area (Å²) in [6, 6.07) is 1.66. The van der Waals surface area contributed by atoms with Gasteiger partial charge in [-0.25, -0.2) is 4.98 Å². The maximum absolute atomic E-state index is 11.6. The number of halogens is 1. The molecule has 0 spiro atoms. The standard InChI is InChI=1S/C15H20BrN3O4/c1-2-23-14(20)7-6-11-5-3-4-8-18(11)15-13(16)9-12(10-17-15)19(21)22/h9-11H,2-8H2,1H3/t11-/m1/s1. The lowest BCUT2D eigenvalue weighted by Gasteiger charge is -2.37. The van der Waals surface area contributed by atoms with Crippen LogP contribution in [-0.4, -0.2) is 35.1 Å². The molecule has 1 aromatic rings. The van der Waals surface area contributed by atoms with Crippen molar-refractivity contribution in [3.05, 3.63) is 26.9 Å². The van der Waals surface area contributed by atoms with E-state index in [9.17, 15) is 14.9 Å². The Morgan fingerprint density at radius 2 is 2.35 bits per heavy atom. The Morgan fingerprint density at radius 3 is 3.00 bits per heavy atom. The number of carbonyl (C=O) groups is 1. The van der Waals surface area contributed by atoms with Crippen molar-refractivity contribution in [3.63, 3.8) is 0 Å². The Labute approximate surface area is 143 Å². The summed E-state index contributed by atoms with van der Waals surface area (Å²) in [5.41, 5.74) is -0.0410. The molecule has 0 N–H and O–H groups in total. The fourth-order valence-electron chi connectivity index (χ4n) is 2.83. The maximum atomic E-state index is 11.6. The maximum Gasteiger partial charge on any atom is 0.305 e. The molecule has 8 heteroatoms. The lowest BCUT2D eigenvalue weighted by atomic mass is 9.98. The summed E-state index contributed by atoms with van der Waals surface area (Å²) in [5, 5.41) is 10.8. The van der Waals surface area contributed by atoms with E-state index in [4.69, 9.17) is 4.74 Å². The number of anilines is 1. The Hall–Kier alpha value is -1.70. The summed E-state index contributed by atoms with van der Waals surface area (Å²) in [7, 11) is 0. The van der Waals surface area contributed by atoms with Gasteiger partial charge in [-0.1, -0.05) is 0 Å². The minimum Gasteiger partial charge on any atom is -0.466 e. The number of carbonyl (C=O) groups excluding carboxylic acids is 1. The van der Waals surface area contributed by atoms with Crippen LogP contribution in [0.2, 0.25) is 0 Å². The molecule has 23 heavy (non-hydrogen) atoms. The van der Waals surface area contributed by atoms with Crippen molar-refractivity contribution in [3.8, 4) is 0 Å². The van der Waals surface area contributed by atoms with Crippen LogP contribution in [0.1, 0.15) is 39.0 Å². The average Bonchev–Trinajstić information content (AvgIpc) is 2.53. The van der Waals surface area contributed by atoms with Gasteiger partial charge in [0.05, 0.1) is 16.0 Å². The number of hydrogen-bond donors (Lipinski definition) is 0. The molecule has 1 saturated heterocycles. The van der Waals surface area contributed by atoms with Gasteiger partial charge in [-0.3, -0.25) is 14.9 Å². The molecule has 2 rings (SSSR count). The average molecular weight is 386 g/mol. The summed E-state index contributed by atoms with van der Waals surface area (Å²) in [6.07, 6.45) is 5.47. The zero-order valence-corrected chi connectivity index (χ0v) is 14.6. The molecular weight excluding hydrogens is 366 g/mol. The molecule has 0 saturated carbocycles. The Bertz CT molecular complexity index is 582. The summed E-state index contributed by atoms with van der Waals surface area (Å²) in [4.78, 5) is 28.3. The van der Waals surface area contributed by atoms with Crippen LogP contribution in [0.25, 0.3) is 0 Å². The molecule has 126 valence electrons. The molecular formula is C15H20BrN3O4. The smallest absolute Gasteiger partial charge is 0.305 e. The van der Waals surface area contributed by atoms with Gasteiger partial charge in [-0.05, 0) is 48.5 Å². The summed E-state index contributed by atoms with van der Waals surface area (Å²) < 4.78 is 5.59. The van der Waals surface area contributed by atoms with Gasteiger partial charge in [0.25, 0.3) is 5.69 Å². The number of aromatic nitrogens is 1. The zero-order valence-electron chi connectivity index (χ0n) is 13.0. The molecule has 0 amide bonds. The van der Waals surface area contributed by atoms with Crippen molar-refractivity contribution in [1.29, 1.82) is 0 Å². The number of hydrogen-bond acceptors (Lipinski definition) is 6. The molecule has 0 bridgehead atoms. The molecule has 0 aliphatic carbocycles. The van der Waals surface area contributed by atoms with Crippen LogP contribution in [0.4, 0.5) is 11.5 Å². The van der Waals surface area contributed by atoms with Crippen LogP contribution in [0, 0.1) is 10.1 Å². The van der Waals surface area contributed by atoms with Gasteiger partial charge in [0, 0.05) is 25.1 Å². The molecule has 0 aromatic carbocycles. The number of piperidine rings is 1. The van der Waals surface area contributed by atoms with Gasteiger partial charge >= 0.3 is 5.97 Å². The fourth-order valence-corrected chi connectivity index (χ4v) is 3.39. The van der Waals surface area contributed by atoms with E-state index >= 15 is 0 Å². The van der Waals surface area contributed by atoms with E-state index in [1.807, 2.05) is 0 Å². The quantitative estimate of drug-likeness (QED) is 0.423. The van der Waals surface area contributed by atoms with E-state index in [-0.39, 0.29) is 17.7 Å². The number of ether oxygens (including phenoxy) is 1. The minimum atomic E-state index is -0.462. The normalized spacial score (nSPS) is 17.8. The SMILES string of the molecule is CCOC(=O)CC[C@H]1CCCCN1c1ncc([N+](=O)[O-])cc1Br. The highest BCUT2D eigenvalue weighted by atomic mass is 79.9. The van der Waals surface area contributed by atoms with Crippen LogP contribution >= 0.6 is 15.9 Å². The summed E-state index contributed by atoms with van der Waals surface area (Å²) in [5.74, 6) is 0.512. The fraction of sp³-hybridized carbons (Fsp3) is 0.600. The van der Waals surface area contributed by atoms with Crippen molar-refractivity contribution in [2.24, 2.45) is 0 Å². The first kappa shape index (κ1) is 17.7. The molecule has 2 heterocycles. The van der Waals surface area contributed by atoms with E-state index < -0.39 is 4.92 Å². The van der Waals surface area contributed by atoms with Crippen molar-refractivity contribution >= 4 is 33.4 Å². The van der Waals surface area contributed by atoms with Crippen molar-refractivity contribution < 1.29 is 14.5 Å². The van der Waals surface area contributed by atoms with Crippen molar-refractivity contribution in [2.75, 3.05) is 18.1 Å². The van der Waals surface area contributed by atoms with E-state index in [1.54, 1.807) is 6.92 Å². The summed E-state index contributed by atoms with van der Waals surface area (Å²) >= 11 is 3.38. The first-order valence-electron chi connectivity index (χ1n) is 7.75. The molecule has 1 aliphatic heterocycles. The summed E-state index contributed by atoms with van der Waals surface area (Å²) in [6.45, 7) is 3.02. The van der Waals surface area contributed by atoms with Gasteiger partial charge in [-0.15, -0.1) is 0 Å². The van der Waals surface area contributed by atoms with Gasteiger partial charge in [0.2, 0.25) is 0 Å². The lowest BCUT2D eigenvalue weighted by Crippen LogP contribution is -2.40. The molecule has 0 unspecified atom stereocenters. The van der Waals surface area contributed by atoms with Crippen molar-refractivity contribution in [1.82, 2.24) is 4.98 Å². The predicted molar refractivity (Wildman–Crippen MR) is 89.4 cm³/mol. The van der Waals surface area contributed by atoms with E-state index in [2.05, 4.69) is 25.8 Å². The molecule has 1 fully saturated rings. The highest BCUT2D eigenvalue weighted by Gasteiger charge is 2.26. The number of nitrogens with zero attached hydrogens (tertiary/aromatic N) is 3. The highest BCUT2D eigenvalue weighted by molar-refractivity contribution is 9.10. The van der Waals surface area contributed by atoms with Gasteiger partial charge in [0.15, 0.2) is 0 Å². The largest absolute Gasteiger partial charge is 0.466 e. The number of esters is 1. The number of nitro groups is 1. The Morgan fingerprint density at radius 1 is 1.57 bits per heavy atom. The van der Waals surface area contributed by atoms with E-state index in [1.165, 1.54) is 12.3 Å². The van der Waals surface area contributed by atoms with E-state index in [0.717, 1.165) is 25.8 Å². The third-order valence-electron chi connectivity index (χ3n) is 3.90. The molecule has 7 nitrogen and oxygen atoms in total.